The van der Waals surface area contributed by atoms with Crippen molar-refractivity contribution in [2.45, 2.75) is 39.3 Å². The first kappa shape index (κ1) is 23.8. The van der Waals surface area contributed by atoms with E-state index in [-0.39, 0.29) is 28.6 Å². The molecule has 13 heteroatoms. The fourth-order valence-corrected chi connectivity index (χ4v) is 2.62. The SMILES string of the molecule is CCOc1cc(-c2ncc(NC(=O)Nc3cc(C(C)(C)C(F)(F)F)on3)c(C)n2)c[nH]c1=O. The lowest BCUT2D eigenvalue weighted by atomic mass is 9.89. The number of carbonyl (C=O) groups excluding carboxylic acids is 1. The van der Waals surface area contributed by atoms with Crippen molar-refractivity contribution in [2.75, 3.05) is 17.2 Å². The van der Waals surface area contributed by atoms with E-state index in [1.165, 1.54) is 18.5 Å². The Labute approximate surface area is 185 Å². The summed E-state index contributed by atoms with van der Waals surface area (Å²) in [6.07, 6.45) is -1.77. The van der Waals surface area contributed by atoms with Gasteiger partial charge in [-0.25, -0.2) is 14.8 Å². The molecule has 2 amide bonds. The molecule has 3 rings (SSSR count). The summed E-state index contributed by atoms with van der Waals surface area (Å²) in [6, 6.07) is 1.73. The van der Waals surface area contributed by atoms with E-state index in [4.69, 9.17) is 9.26 Å². The third kappa shape index (κ3) is 5.13. The Bertz CT molecular complexity index is 1220. The number of aromatic nitrogens is 4. The standard InChI is InChI=1S/C20H21F3N6O4/c1-5-32-13-6-11(8-25-17(13)30)16-24-9-12(10(2)26-16)27-18(31)28-15-7-14(33-29-15)19(3,4)20(21,22)23/h6-9H,5H2,1-4H3,(H,25,30)(H2,27,28,29,31). The number of halogens is 3. The Morgan fingerprint density at radius 2 is 1.97 bits per heavy atom. The van der Waals surface area contributed by atoms with E-state index < -0.39 is 23.4 Å². The quantitative estimate of drug-likeness (QED) is 0.499. The van der Waals surface area contributed by atoms with Crippen LogP contribution in [-0.4, -0.2) is 38.9 Å². The average Bonchev–Trinajstić information content (AvgIpc) is 3.19. The number of aromatic amines is 1. The fourth-order valence-electron chi connectivity index (χ4n) is 2.62. The molecule has 0 saturated heterocycles. The Morgan fingerprint density at radius 1 is 1.24 bits per heavy atom. The summed E-state index contributed by atoms with van der Waals surface area (Å²) in [7, 11) is 0. The Morgan fingerprint density at radius 3 is 2.61 bits per heavy atom. The number of amides is 2. The highest BCUT2D eigenvalue weighted by atomic mass is 19.4. The molecule has 0 spiro atoms. The number of hydrogen-bond donors (Lipinski definition) is 3. The van der Waals surface area contributed by atoms with Gasteiger partial charge in [-0.15, -0.1) is 0 Å². The van der Waals surface area contributed by atoms with Crippen molar-refractivity contribution < 1.29 is 27.2 Å². The number of hydrogen-bond acceptors (Lipinski definition) is 7. The number of anilines is 2. The van der Waals surface area contributed by atoms with Crippen LogP contribution < -0.4 is 20.9 Å². The zero-order chi connectivity index (χ0) is 24.4. The largest absolute Gasteiger partial charge is 0.488 e. The van der Waals surface area contributed by atoms with Crippen molar-refractivity contribution in [3.63, 3.8) is 0 Å². The van der Waals surface area contributed by atoms with Crippen molar-refractivity contribution in [2.24, 2.45) is 0 Å². The van der Waals surface area contributed by atoms with Crippen molar-refractivity contribution >= 4 is 17.5 Å². The van der Waals surface area contributed by atoms with Crippen molar-refractivity contribution in [1.29, 1.82) is 0 Å². The van der Waals surface area contributed by atoms with Gasteiger partial charge in [0.05, 0.1) is 24.2 Å². The number of H-pyrrole nitrogens is 1. The van der Waals surface area contributed by atoms with Crippen LogP contribution in [0.25, 0.3) is 11.4 Å². The van der Waals surface area contributed by atoms with Crippen LogP contribution in [0, 0.1) is 6.92 Å². The summed E-state index contributed by atoms with van der Waals surface area (Å²) in [4.78, 5) is 35.0. The minimum Gasteiger partial charge on any atom is -0.488 e. The highest BCUT2D eigenvalue weighted by molar-refractivity contribution is 5.99. The molecule has 3 aromatic rings. The summed E-state index contributed by atoms with van der Waals surface area (Å²) in [6.45, 7) is 5.56. The molecular weight excluding hydrogens is 445 g/mol. The van der Waals surface area contributed by atoms with Crippen LogP contribution in [0.5, 0.6) is 5.75 Å². The predicted octanol–water partition coefficient (Wildman–Crippen LogP) is 4.01. The van der Waals surface area contributed by atoms with E-state index in [1.54, 1.807) is 13.8 Å². The van der Waals surface area contributed by atoms with Gasteiger partial charge in [-0.05, 0) is 33.8 Å². The maximum Gasteiger partial charge on any atom is 0.401 e. The molecule has 0 atom stereocenters. The summed E-state index contributed by atoms with van der Waals surface area (Å²) >= 11 is 0. The number of urea groups is 1. The predicted molar refractivity (Wildman–Crippen MR) is 112 cm³/mol. The van der Waals surface area contributed by atoms with E-state index in [2.05, 4.69) is 30.7 Å². The van der Waals surface area contributed by atoms with Gasteiger partial charge in [0.15, 0.2) is 23.2 Å². The Kier molecular flexibility index (Phi) is 6.42. The molecule has 0 aliphatic rings. The number of ether oxygens (including phenoxy) is 1. The van der Waals surface area contributed by atoms with E-state index >= 15 is 0 Å². The fraction of sp³-hybridized carbons (Fsp3) is 0.350. The Hall–Kier alpha value is -3.90. The topological polar surface area (TPSA) is 135 Å². The molecule has 0 unspecified atom stereocenters. The van der Waals surface area contributed by atoms with Gasteiger partial charge < -0.3 is 19.6 Å². The number of rotatable bonds is 6. The molecule has 3 aromatic heterocycles. The second-order valence-corrected chi connectivity index (χ2v) is 7.49. The normalized spacial score (nSPS) is 11.8. The van der Waals surface area contributed by atoms with Crippen LogP contribution in [0.2, 0.25) is 0 Å². The van der Waals surface area contributed by atoms with E-state index in [0.717, 1.165) is 19.9 Å². The van der Waals surface area contributed by atoms with Crippen LogP contribution in [0.4, 0.5) is 29.5 Å². The van der Waals surface area contributed by atoms with Crippen LogP contribution in [0.1, 0.15) is 32.2 Å². The van der Waals surface area contributed by atoms with Gasteiger partial charge in [-0.1, -0.05) is 5.16 Å². The van der Waals surface area contributed by atoms with Crippen molar-refractivity contribution in [3.05, 3.63) is 46.3 Å². The monoisotopic (exact) mass is 466 g/mol. The number of pyridine rings is 1. The number of aryl methyl sites for hydroxylation is 1. The van der Waals surface area contributed by atoms with E-state index in [1.807, 2.05) is 0 Å². The smallest absolute Gasteiger partial charge is 0.401 e. The number of nitrogens with one attached hydrogen (secondary N) is 3. The van der Waals surface area contributed by atoms with Crippen LogP contribution in [0.15, 0.2) is 33.8 Å². The number of alkyl halides is 3. The molecule has 3 heterocycles. The maximum absolute atomic E-state index is 13.1. The summed E-state index contributed by atoms with van der Waals surface area (Å²) in [5.41, 5.74) is -1.51. The molecule has 0 bridgehead atoms. The third-order valence-corrected chi connectivity index (χ3v) is 4.73. The van der Waals surface area contributed by atoms with E-state index in [0.29, 0.717) is 17.9 Å². The van der Waals surface area contributed by atoms with Gasteiger partial charge in [-0.3, -0.25) is 10.1 Å². The minimum atomic E-state index is -4.56. The van der Waals surface area contributed by atoms with E-state index in [9.17, 15) is 22.8 Å². The lowest BCUT2D eigenvalue weighted by Crippen LogP contribution is -2.35. The first-order chi connectivity index (χ1) is 15.4. The lowest BCUT2D eigenvalue weighted by molar-refractivity contribution is -0.185. The van der Waals surface area contributed by atoms with Crippen LogP contribution in [0.3, 0.4) is 0 Å². The zero-order valence-corrected chi connectivity index (χ0v) is 18.1. The van der Waals surface area contributed by atoms with Gasteiger partial charge in [0.25, 0.3) is 5.56 Å². The van der Waals surface area contributed by atoms with Gasteiger partial charge in [0.1, 0.15) is 5.41 Å². The van der Waals surface area contributed by atoms with Gasteiger partial charge in [-0.2, -0.15) is 13.2 Å². The summed E-state index contributed by atoms with van der Waals surface area (Å²) < 4.78 is 49.4. The van der Waals surface area contributed by atoms with Crippen molar-refractivity contribution in [1.82, 2.24) is 20.1 Å². The molecule has 33 heavy (non-hydrogen) atoms. The lowest BCUT2D eigenvalue weighted by Gasteiger charge is -2.24. The van der Waals surface area contributed by atoms with Gasteiger partial charge in [0.2, 0.25) is 0 Å². The molecule has 10 nitrogen and oxygen atoms in total. The highest BCUT2D eigenvalue weighted by Gasteiger charge is 2.51. The van der Waals surface area contributed by atoms with Crippen molar-refractivity contribution in [3.8, 4) is 17.1 Å². The van der Waals surface area contributed by atoms with Crippen LogP contribution >= 0.6 is 0 Å². The molecule has 176 valence electrons. The minimum absolute atomic E-state index is 0.124. The highest BCUT2D eigenvalue weighted by Crippen LogP contribution is 2.41. The third-order valence-electron chi connectivity index (χ3n) is 4.73. The average molecular weight is 466 g/mol. The molecule has 0 aliphatic heterocycles. The van der Waals surface area contributed by atoms with Gasteiger partial charge in [0, 0.05) is 17.8 Å². The Balaban J connectivity index is 1.72. The molecule has 0 aliphatic carbocycles. The first-order valence-electron chi connectivity index (χ1n) is 9.74. The molecular formula is C20H21F3N6O4. The molecule has 0 saturated carbocycles. The summed E-state index contributed by atoms with van der Waals surface area (Å²) in [5, 5.41) is 8.26. The molecule has 0 aromatic carbocycles. The molecule has 0 fully saturated rings. The number of carbonyl (C=O) groups is 1. The maximum atomic E-state index is 13.1. The second kappa shape index (κ2) is 8.92. The first-order valence-corrected chi connectivity index (χ1v) is 9.74. The molecule has 3 N–H and O–H groups in total. The second-order valence-electron chi connectivity index (χ2n) is 7.49. The zero-order valence-electron chi connectivity index (χ0n) is 18.1. The van der Waals surface area contributed by atoms with Crippen LogP contribution in [-0.2, 0) is 5.41 Å². The van der Waals surface area contributed by atoms with Gasteiger partial charge >= 0.3 is 12.2 Å². The summed E-state index contributed by atoms with van der Waals surface area (Å²) in [5.74, 6) is -0.224. The number of nitrogens with zero attached hydrogens (tertiary/aromatic N) is 3. The molecule has 0 radical (unpaired) electrons.